The molecule has 4 rings (SSSR count). The smallest absolute Gasteiger partial charge is 0.280 e. The summed E-state index contributed by atoms with van der Waals surface area (Å²) in [5.74, 6) is -1.20. The molecule has 0 bridgehead atoms. The van der Waals surface area contributed by atoms with Crippen LogP contribution in [0, 0.1) is 5.82 Å². The summed E-state index contributed by atoms with van der Waals surface area (Å²) in [5, 5.41) is 4.30. The number of sulfonamides is 1. The molecule has 0 radical (unpaired) electrons. The molecule has 3 aromatic rings. The monoisotopic (exact) mass is 588 g/mol. The third kappa shape index (κ3) is 6.86. The highest BCUT2D eigenvalue weighted by molar-refractivity contribution is 7.92. The molecular formula is C23H26ClFN4O5S3. The number of likely N-dealkylation sites (N-methyl/N-ethyl adjacent to an activating group) is 1. The number of amides is 1. The molecule has 2 atom stereocenters. The molecule has 2 heterocycles. The van der Waals surface area contributed by atoms with Gasteiger partial charge in [-0.05, 0) is 59.3 Å². The van der Waals surface area contributed by atoms with Gasteiger partial charge in [0.05, 0.1) is 17.3 Å². The quantitative estimate of drug-likeness (QED) is 0.393. The number of thiophene rings is 1. The van der Waals surface area contributed by atoms with Crippen LogP contribution in [0.2, 0.25) is 5.02 Å². The van der Waals surface area contributed by atoms with Gasteiger partial charge in [-0.3, -0.25) is 9.52 Å². The summed E-state index contributed by atoms with van der Waals surface area (Å²) in [6.45, 7) is 0. The van der Waals surface area contributed by atoms with Crippen LogP contribution in [0.1, 0.15) is 24.8 Å². The highest BCUT2D eigenvalue weighted by Crippen LogP contribution is 2.35. The predicted octanol–water partition coefficient (Wildman–Crippen LogP) is 4.43. The normalized spacial score (nSPS) is 19.6. The van der Waals surface area contributed by atoms with Crippen LogP contribution < -0.4 is 14.8 Å². The number of hydrogen-bond acceptors (Lipinski definition) is 6. The van der Waals surface area contributed by atoms with Crippen molar-refractivity contribution in [1.29, 1.82) is 0 Å². The molecule has 1 aliphatic heterocycles. The minimum Gasteiger partial charge on any atom is -0.325 e. The standard InChI is InChI=1S/C22H22ClFN4O5S3.CH4/c1-28-20(22(29)25-16-7-8-18(24)17(23)10-16)11-19(27-36(28,32)33)21-9-14(12-34-21)13-3-5-15(6-4-13)26-35(2,30)31;/h3-10,12,19-20,26-27H,11H2,1-2H3,(H,25,29);1H4. The van der Waals surface area contributed by atoms with Crippen molar-refractivity contribution in [3.63, 3.8) is 0 Å². The van der Waals surface area contributed by atoms with Gasteiger partial charge in [0.1, 0.15) is 11.9 Å². The highest BCUT2D eigenvalue weighted by Gasteiger charge is 2.41. The topological polar surface area (TPSA) is 125 Å². The molecule has 3 N–H and O–H groups in total. The number of benzene rings is 2. The zero-order valence-electron chi connectivity index (χ0n) is 19.0. The van der Waals surface area contributed by atoms with Gasteiger partial charge in [-0.15, -0.1) is 11.3 Å². The number of carbonyl (C=O) groups is 1. The van der Waals surface area contributed by atoms with Crippen LogP contribution in [0.5, 0.6) is 0 Å². The van der Waals surface area contributed by atoms with Gasteiger partial charge in [0.2, 0.25) is 15.9 Å². The van der Waals surface area contributed by atoms with E-state index in [1.54, 1.807) is 24.3 Å². The number of carbonyl (C=O) groups excluding carboxylic acids is 1. The Morgan fingerprint density at radius 3 is 2.41 bits per heavy atom. The Balaban J connectivity index is 0.00000380. The van der Waals surface area contributed by atoms with Gasteiger partial charge < -0.3 is 5.32 Å². The first kappa shape index (κ1) is 29.0. The van der Waals surface area contributed by atoms with E-state index in [0.717, 1.165) is 27.8 Å². The van der Waals surface area contributed by atoms with E-state index in [-0.39, 0.29) is 24.6 Å². The SMILES string of the molecule is C.CN1C(C(=O)Nc2ccc(F)c(Cl)c2)CC(c2cc(-c3ccc(NS(C)(=O)=O)cc3)cs2)NS1(=O)=O. The molecule has 1 aliphatic rings. The van der Waals surface area contributed by atoms with E-state index in [9.17, 15) is 26.0 Å². The van der Waals surface area contributed by atoms with Gasteiger partial charge in [0.25, 0.3) is 10.2 Å². The van der Waals surface area contributed by atoms with Gasteiger partial charge in [-0.1, -0.05) is 31.2 Å². The van der Waals surface area contributed by atoms with E-state index < -0.39 is 44.0 Å². The van der Waals surface area contributed by atoms with E-state index in [1.165, 1.54) is 30.5 Å². The van der Waals surface area contributed by atoms with Crippen molar-refractivity contribution in [3.05, 3.63) is 69.6 Å². The van der Waals surface area contributed by atoms with Crippen molar-refractivity contribution in [3.8, 4) is 11.1 Å². The second-order valence-corrected chi connectivity index (χ2v) is 13.1. The van der Waals surface area contributed by atoms with Crippen LogP contribution in [-0.4, -0.2) is 46.4 Å². The lowest BCUT2D eigenvalue weighted by Crippen LogP contribution is -2.55. The third-order valence-electron chi connectivity index (χ3n) is 5.54. The average molecular weight is 589 g/mol. The molecule has 0 saturated carbocycles. The van der Waals surface area contributed by atoms with E-state index in [0.29, 0.717) is 10.6 Å². The Hall–Kier alpha value is -2.55. The second-order valence-electron chi connectivity index (χ2n) is 8.25. The maximum atomic E-state index is 13.4. The Morgan fingerprint density at radius 2 is 1.78 bits per heavy atom. The molecular weight excluding hydrogens is 563 g/mol. The summed E-state index contributed by atoms with van der Waals surface area (Å²) in [7, 11) is -6.04. The fourth-order valence-corrected chi connectivity index (χ4v) is 6.79. The van der Waals surface area contributed by atoms with Crippen LogP contribution in [0.25, 0.3) is 11.1 Å². The van der Waals surface area contributed by atoms with Crippen molar-refractivity contribution >= 4 is 60.5 Å². The minimum absolute atomic E-state index is 0. The molecule has 9 nitrogen and oxygen atoms in total. The molecule has 2 unspecified atom stereocenters. The zero-order chi connectivity index (χ0) is 26.3. The van der Waals surface area contributed by atoms with Crippen molar-refractivity contribution in [2.45, 2.75) is 25.9 Å². The molecule has 1 aromatic heterocycles. The lowest BCUT2D eigenvalue weighted by atomic mass is 10.0. The van der Waals surface area contributed by atoms with Crippen molar-refractivity contribution in [2.75, 3.05) is 23.3 Å². The van der Waals surface area contributed by atoms with Crippen LogP contribution in [-0.2, 0) is 25.0 Å². The largest absolute Gasteiger partial charge is 0.325 e. The van der Waals surface area contributed by atoms with Gasteiger partial charge in [-0.25, -0.2) is 12.8 Å². The van der Waals surface area contributed by atoms with Crippen molar-refractivity contribution in [1.82, 2.24) is 9.03 Å². The van der Waals surface area contributed by atoms with E-state index >= 15 is 0 Å². The maximum Gasteiger partial charge on any atom is 0.280 e. The van der Waals surface area contributed by atoms with E-state index in [4.69, 9.17) is 11.6 Å². The number of halogens is 2. The Kier molecular flexibility index (Phi) is 8.67. The van der Waals surface area contributed by atoms with E-state index in [1.807, 2.05) is 11.4 Å². The fraction of sp³-hybridized carbons (Fsp3) is 0.261. The first-order valence-electron chi connectivity index (χ1n) is 10.5. The summed E-state index contributed by atoms with van der Waals surface area (Å²) in [5.41, 5.74) is 2.31. The molecule has 200 valence electrons. The fourth-order valence-electron chi connectivity index (χ4n) is 3.73. The average Bonchev–Trinajstić information content (AvgIpc) is 3.28. The molecule has 1 fully saturated rings. The summed E-state index contributed by atoms with van der Waals surface area (Å²) >= 11 is 7.12. The predicted molar refractivity (Wildman–Crippen MR) is 146 cm³/mol. The number of hydrogen-bond donors (Lipinski definition) is 3. The van der Waals surface area contributed by atoms with Gasteiger partial charge in [0.15, 0.2) is 0 Å². The highest BCUT2D eigenvalue weighted by atomic mass is 35.5. The van der Waals surface area contributed by atoms with Crippen LogP contribution in [0.15, 0.2) is 53.9 Å². The summed E-state index contributed by atoms with van der Waals surface area (Å²) in [4.78, 5) is 13.7. The van der Waals surface area contributed by atoms with Gasteiger partial charge in [-0.2, -0.15) is 17.4 Å². The molecule has 1 amide bonds. The summed E-state index contributed by atoms with van der Waals surface area (Å²) in [6, 6.07) is 10.6. The van der Waals surface area contributed by atoms with Crippen molar-refractivity contribution < 1.29 is 26.0 Å². The van der Waals surface area contributed by atoms with E-state index in [2.05, 4.69) is 14.8 Å². The number of rotatable bonds is 6. The second kappa shape index (κ2) is 11.1. The number of anilines is 2. The summed E-state index contributed by atoms with van der Waals surface area (Å²) < 4.78 is 67.7. The molecule has 14 heteroatoms. The molecule has 0 aliphatic carbocycles. The lowest BCUT2D eigenvalue weighted by molar-refractivity contribution is -0.120. The van der Waals surface area contributed by atoms with Crippen LogP contribution >= 0.6 is 22.9 Å². The van der Waals surface area contributed by atoms with Crippen LogP contribution in [0.4, 0.5) is 15.8 Å². The zero-order valence-corrected chi connectivity index (χ0v) is 22.2. The first-order valence-corrected chi connectivity index (χ1v) is 15.1. The van der Waals surface area contributed by atoms with Gasteiger partial charge >= 0.3 is 0 Å². The van der Waals surface area contributed by atoms with Crippen LogP contribution in [0.3, 0.4) is 0 Å². The third-order valence-corrected chi connectivity index (χ3v) is 9.08. The summed E-state index contributed by atoms with van der Waals surface area (Å²) in [6.07, 6.45) is 1.23. The number of nitrogens with zero attached hydrogens (tertiary/aromatic N) is 1. The van der Waals surface area contributed by atoms with Gasteiger partial charge in [0, 0.05) is 23.3 Å². The first-order chi connectivity index (χ1) is 16.8. The molecule has 1 saturated heterocycles. The minimum atomic E-state index is -3.96. The Labute approximate surface area is 224 Å². The van der Waals surface area contributed by atoms with Crippen molar-refractivity contribution in [2.24, 2.45) is 0 Å². The Bertz CT molecular complexity index is 1510. The molecule has 2 aromatic carbocycles. The maximum absolute atomic E-state index is 13.4. The molecule has 0 spiro atoms. The molecule has 37 heavy (non-hydrogen) atoms. The lowest BCUT2D eigenvalue weighted by Gasteiger charge is -2.35. The number of nitrogens with one attached hydrogen (secondary N) is 3. The Morgan fingerprint density at radius 1 is 1.14 bits per heavy atom.